The van der Waals surface area contributed by atoms with Gasteiger partial charge < -0.3 is 21.1 Å². The molecule has 2 rings (SSSR count). The van der Waals surface area contributed by atoms with Gasteiger partial charge in [-0.1, -0.05) is 12.1 Å². The number of rotatable bonds is 4. The Morgan fingerprint density at radius 2 is 2.21 bits per heavy atom. The quantitative estimate of drug-likeness (QED) is 0.717. The topological polar surface area (TPSA) is 61.5 Å². The van der Waals surface area contributed by atoms with E-state index in [0.29, 0.717) is 0 Å². The zero-order chi connectivity index (χ0) is 13.7. The van der Waals surface area contributed by atoms with E-state index in [4.69, 9.17) is 5.73 Å². The van der Waals surface area contributed by atoms with Crippen LogP contribution < -0.4 is 11.1 Å². The number of nitrogens with zero attached hydrogens (tertiary/aromatic N) is 1. The van der Waals surface area contributed by atoms with Crippen LogP contribution in [0, 0.1) is 6.92 Å². The lowest BCUT2D eigenvalue weighted by atomic mass is 10.0. The van der Waals surface area contributed by atoms with Crippen LogP contribution in [0.3, 0.4) is 0 Å². The number of nitrogens with one attached hydrogen (secondary N) is 1. The van der Waals surface area contributed by atoms with E-state index in [9.17, 15) is 5.11 Å². The molecule has 1 heterocycles. The number of hydrogen-bond donors (Lipinski definition) is 3. The Kier molecular flexibility index (Phi) is 5.19. The summed E-state index contributed by atoms with van der Waals surface area (Å²) in [5, 5.41) is 13.6. The van der Waals surface area contributed by atoms with E-state index >= 15 is 0 Å². The maximum Gasteiger partial charge on any atom is 0.0803 e. The van der Waals surface area contributed by atoms with Crippen molar-refractivity contribution in [1.82, 2.24) is 10.2 Å². The summed E-state index contributed by atoms with van der Waals surface area (Å²) in [5.74, 6) is 0. The highest BCUT2D eigenvalue weighted by Crippen LogP contribution is 2.21. The highest BCUT2D eigenvalue weighted by Gasteiger charge is 2.13. The van der Waals surface area contributed by atoms with Gasteiger partial charge in [0, 0.05) is 25.3 Å². The average molecular weight is 263 g/mol. The zero-order valence-corrected chi connectivity index (χ0v) is 11.7. The first-order chi connectivity index (χ1) is 9.16. The van der Waals surface area contributed by atoms with Crippen LogP contribution in [0.4, 0.5) is 5.69 Å². The molecular formula is C15H25N3O. The van der Waals surface area contributed by atoms with Crippen LogP contribution >= 0.6 is 0 Å². The minimum atomic E-state index is -0.417. The van der Waals surface area contributed by atoms with Gasteiger partial charge in [-0.05, 0) is 50.0 Å². The molecule has 4 N–H and O–H groups in total. The maximum absolute atomic E-state index is 10.2. The van der Waals surface area contributed by atoms with E-state index in [1.165, 1.54) is 6.42 Å². The Morgan fingerprint density at radius 3 is 3.00 bits per heavy atom. The van der Waals surface area contributed by atoms with Gasteiger partial charge in [-0.15, -0.1) is 0 Å². The number of benzene rings is 1. The van der Waals surface area contributed by atoms with Gasteiger partial charge >= 0.3 is 0 Å². The van der Waals surface area contributed by atoms with E-state index < -0.39 is 6.10 Å². The fraction of sp³-hybridized carbons (Fsp3) is 0.600. The van der Waals surface area contributed by atoms with Gasteiger partial charge in [0.25, 0.3) is 0 Å². The summed E-state index contributed by atoms with van der Waals surface area (Å²) in [4.78, 5) is 2.42. The zero-order valence-electron chi connectivity index (χ0n) is 11.7. The number of aryl methyl sites for hydroxylation is 1. The van der Waals surface area contributed by atoms with Crippen LogP contribution in [0.5, 0.6) is 0 Å². The molecule has 19 heavy (non-hydrogen) atoms. The second-order valence-electron chi connectivity index (χ2n) is 5.37. The van der Waals surface area contributed by atoms with Gasteiger partial charge in [-0.25, -0.2) is 0 Å². The van der Waals surface area contributed by atoms with E-state index in [0.717, 1.165) is 56.0 Å². The molecule has 4 nitrogen and oxygen atoms in total. The minimum absolute atomic E-state index is 0.417. The first-order valence-corrected chi connectivity index (χ1v) is 7.14. The number of aliphatic hydroxyl groups is 1. The average Bonchev–Trinajstić information content (AvgIpc) is 2.67. The smallest absolute Gasteiger partial charge is 0.0803 e. The molecule has 0 aromatic heterocycles. The summed E-state index contributed by atoms with van der Waals surface area (Å²) in [5.41, 5.74) is 8.64. The molecule has 0 aliphatic carbocycles. The molecule has 0 amide bonds. The number of hydrogen-bond acceptors (Lipinski definition) is 4. The summed E-state index contributed by atoms with van der Waals surface area (Å²) in [6, 6.07) is 5.84. The number of nitrogens with two attached hydrogens (primary N) is 1. The van der Waals surface area contributed by atoms with Crippen LogP contribution in [-0.2, 0) is 0 Å². The summed E-state index contributed by atoms with van der Waals surface area (Å²) < 4.78 is 0. The molecule has 0 bridgehead atoms. The van der Waals surface area contributed by atoms with Crippen LogP contribution in [0.1, 0.15) is 30.1 Å². The Bertz CT molecular complexity index is 400. The molecule has 106 valence electrons. The van der Waals surface area contributed by atoms with Gasteiger partial charge in [0.05, 0.1) is 6.10 Å². The minimum Gasteiger partial charge on any atom is -0.399 e. The van der Waals surface area contributed by atoms with Crippen molar-refractivity contribution in [2.45, 2.75) is 25.9 Å². The number of anilines is 1. The van der Waals surface area contributed by atoms with Gasteiger partial charge in [0.15, 0.2) is 0 Å². The molecule has 1 saturated heterocycles. The molecule has 0 spiro atoms. The lowest BCUT2D eigenvalue weighted by Crippen LogP contribution is -2.29. The van der Waals surface area contributed by atoms with Gasteiger partial charge in [-0.3, -0.25) is 0 Å². The van der Waals surface area contributed by atoms with Crippen LogP contribution in [0.2, 0.25) is 0 Å². The molecule has 1 aliphatic heterocycles. The second kappa shape index (κ2) is 6.89. The fourth-order valence-electron chi connectivity index (χ4n) is 2.46. The molecule has 1 atom stereocenters. The Morgan fingerprint density at radius 1 is 1.37 bits per heavy atom. The predicted molar refractivity (Wildman–Crippen MR) is 79.1 cm³/mol. The van der Waals surface area contributed by atoms with Crippen molar-refractivity contribution < 1.29 is 5.11 Å². The van der Waals surface area contributed by atoms with Crippen LogP contribution in [-0.4, -0.2) is 42.7 Å². The van der Waals surface area contributed by atoms with Gasteiger partial charge in [0.2, 0.25) is 0 Å². The van der Waals surface area contributed by atoms with Crippen LogP contribution in [0.25, 0.3) is 0 Å². The third kappa shape index (κ3) is 4.20. The molecule has 1 fully saturated rings. The van der Waals surface area contributed by atoms with Crippen molar-refractivity contribution in [3.05, 3.63) is 29.3 Å². The van der Waals surface area contributed by atoms with Crippen molar-refractivity contribution in [2.24, 2.45) is 0 Å². The second-order valence-corrected chi connectivity index (χ2v) is 5.37. The van der Waals surface area contributed by atoms with E-state index in [2.05, 4.69) is 10.2 Å². The predicted octanol–water partition coefficient (Wildman–Crippen LogP) is 1.30. The normalized spacial score (nSPS) is 19.1. The highest BCUT2D eigenvalue weighted by atomic mass is 16.3. The Labute approximate surface area is 115 Å². The van der Waals surface area contributed by atoms with E-state index in [1.54, 1.807) is 0 Å². The SMILES string of the molecule is Cc1ccc(C(O)CCN2CCCNCC2)cc1N. The van der Waals surface area contributed by atoms with Gasteiger partial charge in [-0.2, -0.15) is 0 Å². The van der Waals surface area contributed by atoms with Gasteiger partial charge in [0.1, 0.15) is 0 Å². The highest BCUT2D eigenvalue weighted by molar-refractivity contribution is 5.48. The van der Waals surface area contributed by atoms with Crippen LogP contribution in [0.15, 0.2) is 18.2 Å². The first kappa shape index (κ1) is 14.3. The van der Waals surface area contributed by atoms with E-state index in [-0.39, 0.29) is 0 Å². The molecule has 1 unspecified atom stereocenters. The molecule has 1 aliphatic rings. The fourth-order valence-corrected chi connectivity index (χ4v) is 2.46. The maximum atomic E-state index is 10.2. The summed E-state index contributed by atoms with van der Waals surface area (Å²) in [6.45, 7) is 7.27. The number of aliphatic hydroxyl groups excluding tert-OH is 1. The molecule has 1 aromatic rings. The number of nitrogen functional groups attached to an aromatic ring is 1. The molecular weight excluding hydrogens is 238 g/mol. The lowest BCUT2D eigenvalue weighted by molar-refractivity contribution is 0.144. The summed E-state index contributed by atoms with van der Waals surface area (Å²) >= 11 is 0. The van der Waals surface area contributed by atoms with Crippen molar-refractivity contribution in [3.8, 4) is 0 Å². The Hall–Kier alpha value is -1.10. The largest absolute Gasteiger partial charge is 0.399 e. The first-order valence-electron chi connectivity index (χ1n) is 7.14. The third-order valence-corrected chi connectivity index (χ3v) is 3.84. The molecule has 1 aromatic carbocycles. The van der Waals surface area contributed by atoms with E-state index in [1.807, 2.05) is 25.1 Å². The summed E-state index contributed by atoms with van der Waals surface area (Å²) in [7, 11) is 0. The van der Waals surface area contributed by atoms with Crippen molar-refractivity contribution >= 4 is 5.69 Å². The van der Waals surface area contributed by atoms with Crippen molar-refractivity contribution in [1.29, 1.82) is 0 Å². The lowest BCUT2D eigenvalue weighted by Gasteiger charge is -2.21. The third-order valence-electron chi connectivity index (χ3n) is 3.84. The molecule has 4 heteroatoms. The van der Waals surface area contributed by atoms with Crippen molar-refractivity contribution in [3.63, 3.8) is 0 Å². The standard InChI is InChI=1S/C15H25N3O/c1-12-3-4-13(11-14(12)16)15(19)5-9-18-8-2-6-17-7-10-18/h3-4,11,15,17,19H,2,5-10,16H2,1H3. The monoisotopic (exact) mass is 263 g/mol. The molecule has 0 radical (unpaired) electrons. The van der Waals surface area contributed by atoms with Crippen molar-refractivity contribution in [2.75, 3.05) is 38.5 Å². The summed E-state index contributed by atoms with van der Waals surface area (Å²) in [6.07, 6.45) is 1.54. The Balaban J connectivity index is 1.85. The molecule has 0 saturated carbocycles.